The number of sulfonamides is 1. The van der Waals surface area contributed by atoms with Gasteiger partial charge in [-0.15, -0.1) is 0 Å². The highest BCUT2D eigenvalue weighted by Crippen LogP contribution is 2.35. The second-order valence-corrected chi connectivity index (χ2v) is 8.51. The summed E-state index contributed by atoms with van der Waals surface area (Å²) >= 11 is 3.32. The Morgan fingerprint density at radius 2 is 2.05 bits per heavy atom. The maximum atomic E-state index is 12.6. The molecule has 3 atom stereocenters. The van der Waals surface area contributed by atoms with E-state index in [1.54, 1.807) is 13.0 Å². The molecule has 1 aliphatic carbocycles. The summed E-state index contributed by atoms with van der Waals surface area (Å²) in [6.07, 6.45) is 3.10. The monoisotopic (exact) mass is 374 g/mol. The first-order chi connectivity index (χ1) is 9.76. The Kier molecular flexibility index (Phi) is 5.00. The van der Waals surface area contributed by atoms with Crippen molar-refractivity contribution in [2.24, 2.45) is 11.8 Å². The molecule has 6 heteroatoms. The molecule has 0 spiro atoms. The Hall–Kier alpha value is -0.590. The lowest BCUT2D eigenvalue weighted by atomic mass is 9.94. The topological polar surface area (TPSA) is 72.2 Å². The smallest absolute Gasteiger partial charge is 0.241 e. The fraction of sp³-hybridized carbons (Fsp3) is 0.600. The van der Waals surface area contributed by atoms with E-state index in [9.17, 15) is 8.42 Å². The second kappa shape index (κ2) is 6.26. The van der Waals surface area contributed by atoms with Crippen LogP contribution in [-0.4, -0.2) is 14.5 Å². The van der Waals surface area contributed by atoms with E-state index in [4.69, 9.17) is 5.73 Å². The van der Waals surface area contributed by atoms with Gasteiger partial charge in [0.1, 0.15) is 0 Å². The summed E-state index contributed by atoms with van der Waals surface area (Å²) in [5.41, 5.74) is 6.96. The third-order valence-corrected chi connectivity index (χ3v) is 6.96. The van der Waals surface area contributed by atoms with Crippen molar-refractivity contribution < 1.29 is 8.42 Å². The summed E-state index contributed by atoms with van der Waals surface area (Å²) < 4.78 is 28.9. The zero-order valence-electron chi connectivity index (χ0n) is 12.7. The largest absolute Gasteiger partial charge is 0.398 e. The Bertz CT molecular complexity index is 631. The number of aryl methyl sites for hydroxylation is 1. The highest BCUT2D eigenvalue weighted by atomic mass is 79.9. The Morgan fingerprint density at radius 3 is 2.62 bits per heavy atom. The summed E-state index contributed by atoms with van der Waals surface area (Å²) in [5, 5.41) is 0. The first-order valence-corrected chi connectivity index (χ1v) is 9.61. The lowest BCUT2D eigenvalue weighted by molar-refractivity contribution is 0.368. The standard InChI is InChI=1S/C15H23BrN2O2S/c1-4-11-5-6-14(10(11)3)18-21(19,20)15-8-13(17)12(16)7-9(15)2/h7-8,10-11,14,18H,4-6,17H2,1-3H3. The third-order valence-electron chi connectivity index (χ3n) is 4.64. The van der Waals surface area contributed by atoms with Crippen LogP contribution in [0.25, 0.3) is 0 Å². The Balaban J connectivity index is 2.26. The average molecular weight is 375 g/mol. The molecular formula is C15H23BrN2O2S. The van der Waals surface area contributed by atoms with Gasteiger partial charge in [0.05, 0.1) is 4.90 Å². The van der Waals surface area contributed by atoms with E-state index in [1.165, 1.54) is 6.07 Å². The lowest BCUT2D eigenvalue weighted by Crippen LogP contribution is -2.37. The van der Waals surface area contributed by atoms with Gasteiger partial charge in [-0.2, -0.15) is 0 Å². The highest BCUT2D eigenvalue weighted by molar-refractivity contribution is 9.10. The van der Waals surface area contributed by atoms with Crippen LogP contribution < -0.4 is 10.5 Å². The van der Waals surface area contributed by atoms with Crippen molar-refractivity contribution in [3.8, 4) is 0 Å². The summed E-state index contributed by atoms with van der Waals surface area (Å²) in [4.78, 5) is 0.273. The molecular weight excluding hydrogens is 352 g/mol. The molecule has 4 nitrogen and oxygen atoms in total. The van der Waals surface area contributed by atoms with Gasteiger partial charge in [-0.1, -0.05) is 20.3 Å². The van der Waals surface area contributed by atoms with E-state index < -0.39 is 10.0 Å². The fourth-order valence-corrected chi connectivity index (χ4v) is 5.29. The van der Waals surface area contributed by atoms with E-state index in [0.717, 1.165) is 23.7 Å². The molecule has 1 aromatic rings. The molecule has 1 saturated carbocycles. The lowest BCUT2D eigenvalue weighted by Gasteiger charge is -2.21. The van der Waals surface area contributed by atoms with Crippen molar-refractivity contribution in [3.05, 3.63) is 22.2 Å². The highest BCUT2D eigenvalue weighted by Gasteiger charge is 2.34. The predicted molar refractivity (Wildman–Crippen MR) is 89.6 cm³/mol. The van der Waals surface area contributed by atoms with Crippen molar-refractivity contribution in [3.63, 3.8) is 0 Å². The Morgan fingerprint density at radius 1 is 1.38 bits per heavy atom. The van der Waals surface area contributed by atoms with E-state index >= 15 is 0 Å². The van der Waals surface area contributed by atoms with Gasteiger partial charge in [0, 0.05) is 16.2 Å². The van der Waals surface area contributed by atoms with Crippen molar-refractivity contribution in [2.75, 3.05) is 5.73 Å². The molecule has 0 heterocycles. The zero-order valence-corrected chi connectivity index (χ0v) is 15.1. The molecule has 0 aliphatic heterocycles. The molecule has 1 fully saturated rings. The molecule has 0 bridgehead atoms. The molecule has 118 valence electrons. The number of anilines is 1. The number of halogens is 1. The van der Waals surface area contributed by atoms with E-state index in [2.05, 4.69) is 34.5 Å². The molecule has 0 amide bonds. The van der Waals surface area contributed by atoms with Gasteiger partial charge >= 0.3 is 0 Å². The second-order valence-electron chi connectivity index (χ2n) is 5.97. The molecule has 3 unspecified atom stereocenters. The molecule has 3 N–H and O–H groups in total. The van der Waals surface area contributed by atoms with Crippen LogP contribution in [0, 0.1) is 18.8 Å². The van der Waals surface area contributed by atoms with Crippen LogP contribution in [0.2, 0.25) is 0 Å². The Labute approximate surface area is 135 Å². The van der Waals surface area contributed by atoms with Crippen LogP contribution in [0.1, 0.15) is 38.7 Å². The summed E-state index contributed by atoms with van der Waals surface area (Å²) in [6.45, 7) is 6.08. The fourth-order valence-electron chi connectivity index (χ4n) is 3.21. The minimum atomic E-state index is -3.53. The van der Waals surface area contributed by atoms with Crippen LogP contribution in [0.5, 0.6) is 0 Å². The van der Waals surface area contributed by atoms with Gasteiger partial charge in [-0.25, -0.2) is 13.1 Å². The maximum absolute atomic E-state index is 12.6. The molecule has 21 heavy (non-hydrogen) atoms. The number of benzene rings is 1. The third kappa shape index (κ3) is 3.43. The first-order valence-electron chi connectivity index (χ1n) is 7.34. The van der Waals surface area contributed by atoms with Crippen molar-refractivity contribution in [1.29, 1.82) is 0 Å². The zero-order chi connectivity index (χ0) is 15.8. The molecule has 2 rings (SSSR count). The molecule has 1 aliphatic rings. The number of nitrogens with one attached hydrogen (secondary N) is 1. The molecule has 1 aromatic carbocycles. The summed E-state index contributed by atoms with van der Waals surface area (Å²) in [5.74, 6) is 0.978. The maximum Gasteiger partial charge on any atom is 0.241 e. The minimum Gasteiger partial charge on any atom is -0.398 e. The van der Waals surface area contributed by atoms with Crippen LogP contribution in [0.15, 0.2) is 21.5 Å². The quantitative estimate of drug-likeness (QED) is 0.792. The molecule has 0 aromatic heterocycles. The van der Waals surface area contributed by atoms with Crippen LogP contribution in [-0.2, 0) is 10.0 Å². The van der Waals surface area contributed by atoms with Crippen molar-refractivity contribution >= 4 is 31.6 Å². The average Bonchev–Trinajstić information content (AvgIpc) is 2.74. The number of rotatable bonds is 4. The summed E-state index contributed by atoms with van der Waals surface area (Å²) in [6, 6.07) is 3.29. The molecule has 0 radical (unpaired) electrons. The van der Waals surface area contributed by atoms with Gasteiger partial charge in [0.15, 0.2) is 0 Å². The number of nitrogen functional groups attached to an aromatic ring is 1. The first kappa shape index (κ1) is 16.8. The summed E-state index contributed by atoms with van der Waals surface area (Å²) in [7, 11) is -3.53. The van der Waals surface area contributed by atoms with Crippen LogP contribution in [0.3, 0.4) is 0 Å². The van der Waals surface area contributed by atoms with Gasteiger partial charge in [-0.3, -0.25) is 0 Å². The van der Waals surface area contributed by atoms with Crippen LogP contribution in [0.4, 0.5) is 5.69 Å². The van der Waals surface area contributed by atoms with Crippen molar-refractivity contribution in [1.82, 2.24) is 4.72 Å². The van der Waals surface area contributed by atoms with Gasteiger partial charge in [-0.05, 0) is 65.2 Å². The van der Waals surface area contributed by atoms with Gasteiger partial charge in [0.25, 0.3) is 0 Å². The number of nitrogens with two attached hydrogens (primary N) is 1. The molecule has 0 saturated heterocycles. The normalized spacial score (nSPS) is 26.2. The minimum absolute atomic E-state index is 0.0178. The predicted octanol–water partition coefficient (Wildman–Crippen LogP) is 3.44. The van der Waals surface area contributed by atoms with Gasteiger partial charge in [0.2, 0.25) is 10.0 Å². The van der Waals surface area contributed by atoms with Gasteiger partial charge < -0.3 is 5.73 Å². The van der Waals surface area contributed by atoms with Crippen molar-refractivity contribution in [2.45, 2.75) is 51.0 Å². The van der Waals surface area contributed by atoms with Crippen LogP contribution >= 0.6 is 15.9 Å². The SMILES string of the molecule is CCC1CCC(NS(=O)(=O)c2cc(N)c(Br)cc2C)C1C. The number of hydrogen-bond acceptors (Lipinski definition) is 3. The van der Waals surface area contributed by atoms with E-state index in [-0.39, 0.29) is 10.9 Å². The van der Waals surface area contributed by atoms with E-state index in [1.807, 2.05) is 0 Å². The van der Waals surface area contributed by atoms with E-state index in [0.29, 0.717) is 23.1 Å². The number of hydrogen-bond donors (Lipinski definition) is 2.